The third kappa shape index (κ3) is 6.24. The first-order chi connectivity index (χ1) is 12.0. The molecule has 2 aromatic carbocycles. The third-order valence-electron chi connectivity index (χ3n) is 3.63. The van der Waals surface area contributed by atoms with Crippen molar-refractivity contribution in [3.63, 3.8) is 0 Å². The molecule has 25 heavy (non-hydrogen) atoms. The summed E-state index contributed by atoms with van der Waals surface area (Å²) in [6.45, 7) is 3.78. The molecule has 0 spiro atoms. The van der Waals surface area contributed by atoms with Crippen molar-refractivity contribution in [1.82, 2.24) is 5.32 Å². The molecule has 2 N–H and O–H groups in total. The molecule has 0 aliphatic carbocycles. The zero-order valence-electron chi connectivity index (χ0n) is 14.5. The molecule has 0 aliphatic heterocycles. The normalized spacial score (nSPS) is 10.6. The van der Waals surface area contributed by atoms with Gasteiger partial charge in [0.25, 0.3) is 5.91 Å². The van der Waals surface area contributed by atoms with Crippen molar-refractivity contribution in [2.45, 2.75) is 39.2 Å². The summed E-state index contributed by atoms with van der Waals surface area (Å²) in [6, 6.07) is 15.0. The third-order valence-corrected chi connectivity index (χ3v) is 3.96. The van der Waals surface area contributed by atoms with E-state index in [0.29, 0.717) is 22.7 Å². The van der Waals surface area contributed by atoms with Gasteiger partial charge in [-0.15, -0.1) is 0 Å². The Morgan fingerprint density at radius 2 is 1.80 bits per heavy atom. The fraction of sp³-hybridized carbons (Fsp3) is 0.300. The highest BCUT2D eigenvalue weighted by molar-refractivity contribution is 6.33. The lowest BCUT2D eigenvalue weighted by Gasteiger charge is -2.11. The fourth-order valence-corrected chi connectivity index (χ4v) is 2.58. The molecule has 0 atom stereocenters. The Bertz CT molecular complexity index is 730. The van der Waals surface area contributed by atoms with Crippen molar-refractivity contribution in [3.8, 4) is 0 Å². The van der Waals surface area contributed by atoms with E-state index in [1.807, 2.05) is 44.2 Å². The number of rotatable bonds is 7. The zero-order chi connectivity index (χ0) is 18.2. The Hall–Kier alpha value is -2.33. The SMILES string of the molecule is CC(C)NC(=O)c1ccc(Cl)c(NC(=O)CCCc2ccccc2)c1. The molecule has 0 bridgehead atoms. The van der Waals surface area contributed by atoms with Crippen molar-refractivity contribution in [2.75, 3.05) is 5.32 Å². The summed E-state index contributed by atoms with van der Waals surface area (Å²) in [5.41, 5.74) is 2.14. The smallest absolute Gasteiger partial charge is 0.251 e. The monoisotopic (exact) mass is 358 g/mol. The molecule has 0 saturated heterocycles. The average Bonchev–Trinajstić information content (AvgIpc) is 2.57. The number of nitrogens with one attached hydrogen (secondary N) is 2. The molecule has 0 fully saturated rings. The van der Waals surface area contributed by atoms with Crippen LogP contribution in [0.15, 0.2) is 48.5 Å². The number of aryl methyl sites for hydroxylation is 1. The van der Waals surface area contributed by atoms with Crippen molar-refractivity contribution >= 4 is 29.1 Å². The second-order valence-electron chi connectivity index (χ2n) is 6.21. The molecule has 0 aliphatic rings. The maximum Gasteiger partial charge on any atom is 0.251 e. The molecule has 0 aromatic heterocycles. The second kappa shape index (κ2) is 9.23. The lowest BCUT2D eigenvalue weighted by molar-refractivity contribution is -0.116. The van der Waals surface area contributed by atoms with Crippen LogP contribution < -0.4 is 10.6 Å². The Morgan fingerprint density at radius 3 is 2.48 bits per heavy atom. The first-order valence-electron chi connectivity index (χ1n) is 8.40. The number of hydrogen-bond donors (Lipinski definition) is 2. The number of benzene rings is 2. The Balaban J connectivity index is 1.92. The molecular weight excluding hydrogens is 336 g/mol. The molecule has 132 valence electrons. The predicted molar refractivity (Wildman–Crippen MR) is 102 cm³/mol. The summed E-state index contributed by atoms with van der Waals surface area (Å²) in [4.78, 5) is 24.2. The predicted octanol–water partition coefficient (Wildman–Crippen LogP) is 4.44. The summed E-state index contributed by atoms with van der Waals surface area (Å²) >= 11 is 6.13. The highest BCUT2D eigenvalue weighted by Crippen LogP contribution is 2.23. The molecule has 4 nitrogen and oxygen atoms in total. The van der Waals surface area contributed by atoms with E-state index < -0.39 is 0 Å². The van der Waals surface area contributed by atoms with Gasteiger partial charge in [0.05, 0.1) is 10.7 Å². The first kappa shape index (κ1) is 19.0. The van der Waals surface area contributed by atoms with Crippen molar-refractivity contribution < 1.29 is 9.59 Å². The molecular formula is C20H23ClN2O2. The van der Waals surface area contributed by atoms with Crippen LogP contribution in [0.4, 0.5) is 5.69 Å². The number of hydrogen-bond acceptors (Lipinski definition) is 2. The van der Waals surface area contributed by atoms with Crippen LogP contribution in [0.25, 0.3) is 0 Å². The second-order valence-corrected chi connectivity index (χ2v) is 6.62. The van der Waals surface area contributed by atoms with E-state index in [9.17, 15) is 9.59 Å². The van der Waals surface area contributed by atoms with Gasteiger partial charge in [-0.2, -0.15) is 0 Å². The van der Waals surface area contributed by atoms with Crippen LogP contribution in [0.3, 0.4) is 0 Å². The highest BCUT2D eigenvalue weighted by Gasteiger charge is 2.12. The maximum absolute atomic E-state index is 12.1. The van der Waals surface area contributed by atoms with Gasteiger partial charge in [0.15, 0.2) is 0 Å². The van der Waals surface area contributed by atoms with E-state index in [0.717, 1.165) is 12.8 Å². The summed E-state index contributed by atoms with van der Waals surface area (Å²) in [7, 11) is 0. The van der Waals surface area contributed by atoms with E-state index in [-0.39, 0.29) is 17.9 Å². The van der Waals surface area contributed by atoms with Crippen molar-refractivity contribution in [3.05, 3.63) is 64.7 Å². The van der Waals surface area contributed by atoms with Crippen LogP contribution in [-0.4, -0.2) is 17.9 Å². The quantitative estimate of drug-likeness (QED) is 0.768. The van der Waals surface area contributed by atoms with Gasteiger partial charge >= 0.3 is 0 Å². The van der Waals surface area contributed by atoms with Gasteiger partial charge in [0, 0.05) is 18.0 Å². The van der Waals surface area contributed by atoms with Gasteiger partial charge in [-0.25, -0.2) is 0 Å². The fourth-order valence-electron chi connectivity index (χ4n) is 2.42. The van der Waals surface area contributed by atoms with Crippen LogP contribution in [-0.2, 0) is 11.2 Å². The lowest BCUT2D eigenvalue weighted by Crippen LogP contribution is -2.30. The number of carbonyl (C=O) groups is 2. The van der Waals surface area contributed by atoms with E-state index in [1.54, 1.807) is 18.2 Å². The molecule has 2 aromatic rings. The molecule has 2 rings (SSSR count). The van der Waals surface area contributed by atoms with Gasteiger partial charge in [0.2, 0.25) is 5.91 Å². The summed E-state index contributed by atoms with van der Waals surface area (Å²) < 4.78 is 0. The van der Waals surface area contributed by atoms with Crippen LogP contribution in [0.5, 0.6) is 0 Å². The van der Waals surface area contributed by atoms with E-state index in [2.05, 4.69) is 10.6 Å². The number of halogens is 1. The Kier molecular flexibility index (Phi) is 7.02. The molecule has 5 heteroatoms. The lowest BCUT2D eigenvalue weighted by atomic mass is 10.1. The van der Waals surface area contributed by atoms with E-state index in [4.69, 9.17) is 11.6 Å². The van der Waals surface area contributed by atoms with Crippen molar-refractivity contribution in [2.24, 2.45) is 0 Å². The minimum absolute atomic E-state index is 0.0409. The van der Waals surface area contributed by atoms with Crippen LogP contribution in [0.2, 0.25) is 5.02 Å². The molecule has 0 heterocycles. The van der Waals surface area contributed by atoms with E-state index >= 15 is 0 Å². The number of anilines is 1. The summed E-state index contributed by atoms with van der Waals surface area (Å²) in [5, 5.41) is 6.03. The minimum Gasteiger partial charge on any atom is -0.350 e. The number of amides is 2. The highest BCUT2D eigenvalue weighted by atomic mass is 35.5. The van der Waals surface area contributed by atoms with Gasteiger partial charge in [-0.3, -0.25) is 9.59 Å². The Labute approximate surface area is 153 Å². The number of carbonyl (C=O) groups excluding carboxylic acids is 2. The van der Waals surface area contributed by atoms with E-state index in [1.165, 1.54) is 5.56 Å². The topological polar surface area (TPSA) is 58.2 Å². The first-order valence-corrected chi connectivity index (χ1v) is 8.77. The maximum atomic E-state index is 12.1. The molecule has 0 unspecified atom stereocenters. The molecule has 2 amide bonds. The summed E-state index contributed by atoms with van der Waals surface area (Å²) in [6.07, 6.45) is 1.99. The van der Waals surface area contributed by atoms with Crippen molar-refractivity contribution in [1.29, 1.82) is 0 Å². The molecule has 0 radical (unpaired) electrons. The van der Waals surface area contributed by atoms with Crippen LogP contribution in [0, 0.1) is 0 Å². The molecule has 0 saturated carbocycles. The van der Waals surface area contributed by atoms with Gasteiger partial charge in [-0.1, -0.05) is 41.9 Å². The Morgan fingerprint density at radius 1 is 1.08 bits per heavy atom. The standard InChI is InChI=1S/C20H23ClN2O2/c1-14(2)22-20(25)16-11-12-17(21)18(13-16)23-19(24)10-6-9-15-7-4-3-5-8-15/h3-5,7-8,11-14H,6,9-10H2,1-2H3,(H,22,25)(H,23,24). The minimum atomic E-state index is -0.189. The van der Waals surface area contributed by atoms with Crippen LogP contribution in [0.1, 0.15) is 42.6 Å². The average molecular weight is 359 g/mol. The largest absolute Gasteiger partial charge is 0.350 e. The van der Waals surface area contributed by atoms with Gasteiger partial charge < -0.3 is 10.6 Å². The van der Waals surface area contributed by atoms with Crippen LogP contribution >= 0.6 is 11.6 Å². The van der Waals surface area contributed by atoms with Gasteiger partial charge in [-0.05, 0) is 50.5 Å². The van der Waals surface area contributed by atoms with Gasteiger partial charge in [0.1, 0.15) is 0 Å². The summed E-state index contributed by atoms with van der Waals surface area (Å²) in [5.74, 6) is -0.300. The zero-order valence-corrected chi connectivity index (χ0v) is 15.3.